The van der Waals surface area contributed by atoms with Crippen LogP contribution in [-0.2, 0) is 11.3 Å². The Bertz CT molecular complexity index is 835. The Balaban J connectivity index is 1.45. The molecule has 1 fully saturated rings. The van der Waals surface area contributed by atoms with Gasteiger partial charge in [-0.15, -0.1) is 11.3 Å². The van der Waals surface area contributed by atoms with Crippen LogP contribution in [0.4, 0.5) is 0 Å². The van der Waals surface area contributed by atoms with Crippen molar-refractivity contribution in [1.82, 2.24) is 24.1 Å². The third-order valence-electron chi connectivity index (χ3n) is 4.73. The van der Waals surface area contributed by atoms with E-state index in [9.17, 15) is 4.79 Å². The number of aryl methyl sites for hydroxylation is 2. The molecule has 1 atom stereocenters. The average Bonchev–Trinajstić information content (AvgIpc) is 3.32. The molecular formula is C17H21N5OS. The second kappa shape index (κ2) is 6.39. The highest BCUT2D eigenvalue weighted by Crippen LogP contribution is 2.32. The van der Waals surface area contributed by atoms with Crippen LogP contribution in [-0.4, -0.2) is 43.1 Å². The van der Waals surface area contributed by atoms with Gasteiger partial charge >= 0.3 is 0 Å². The summed E-state index contributed by atoms with van der Waals surface area (Å²) in [6.07, 6.45) is 8.36. The normalized spacial score (nSPS) is 18.4. The van der Waals surface area contributed by atoms with Crippen LogP contribution in [0.15, 0.2) is 30.0 Å². The molecular weight excluding hydrogens is 322 g/mol. The zero-order valence-corrected chi connectivity index (χ0v) is 14.6. The number of thiazole rings is 1. The SMILES string of the molecule is Cc1nc([C@@H]2CCCN(C(=O)CCn3cccn3)C2)c2sccn12. The largest absolute Gasteiger partial charge is 0.342 e. The number of amides is 1. The zero-order valence-electron chi connectivity index (χ0n) is 13.8. The maximum atomic E-state index is 12.6. The molecule has 126 valence electrons. The smallest absolute Gasteiger partial charge is 0.224 e. The fourth-order valence-corrected chi connectivity index (χ4v) is 4.44. The van der Waals surface area contributed by atoms with Crippen molar-refractivity contribution in [3.63, 3.8) is 0 Å². The lowest BCUT2D eigenvalue weighted by Crippen LogP contribution is -2.39. The summed E-state index contributed by atoms with van der Waals surface area (Å²) in [5.74, 6) is 1.59. The highest BCUT2D eigenvalue weighted by atomic mass is 32.1. The molecule has 4 rings (SSSR count). The van der Waals surface area contributed by atoms with Crippen molar-refractivity contribution in [2.24, 2.45) is 0 Å². The predicted octanol–water partition coefficient (Wildman–Crippen LogP) is 2.70. The molecule has 0 N–H and O–H groups in total. The Morgan fingerprint density at radius 1 is 1.42 bits per heavy atom. The fraction of sp³-hybridized carbons (Fsp3) is 0.471. The van der Waals surface area contributed by atoms with Crippen LogP contribution in [0, 0.1) is 6.92 Å². The Morgan fingerprint density at radius 2 is 2.33 bits per heavy atom. The molecule has 0 unspecified atom stereocenters. The molecule has 3 aromatic heterocycles. The van der Waals surface area contributed by atoms with Gasteiger partial charge in [0.05, 0.1) is 5.69 Å². The Kier molecular flexibility index (Phi) is 4.10. The quantitative estimate of drug-likeness (QED) is 0.732. The molecule has 1 amide bonds. The lowest BCUT2D eigenvalue weighted by Gasteiger charge is -2.32. The predicted molar refractivity (Wildman–Crippen MR) is 93.2 cm³/mol. The molecule has 7 heteroatoms. The van der Waals surface area contributed by atoms with Crippen molar-refractivity contribution in [2.45, 2.75) is 38.6 Å². The van der Waals surface area contributed by atoms with Crippen molar-refractivity contribution in [2.75, 3.05) is 13.1 Å². The van der Waals surface area contributed by atoms with Crippen molar-refractivity contribution in [3.8, 4) is 0 Å². The number of rotatable bonds is 4. The second-order valence-electron chi connectivity index (χ2n) is 6.32. The van der Waals surface area contributed by atoms with Gasteiger partial charge in [-0.05, 0) is 25.8 Å². The summed E-state index contributed by atoms with van der Waals surface area (Å²) in [4.78, 5) is 20.6. The third-order valence-corrected chi connectivity index (χ3v) is 5.62. The molecule has 0 radical (unpaired) electrons. The molecule has 1 aliphatic rings. The molecule has 3 aromatic rings. The number of hydrogen-bond donors (Lipinski definition) is 0. The van der Waals surface area contributed by atoms with Gasteiger partial charge in [0.1, 0.15) is 10.7 Å². The number of piperidine rings is 1. The lowest BCUT2D eigenvalue weighted by atomic mass is 9.95. The van der Waals surface area contributed by atoms with E-state index in [0.29, 0.717) is 18.9 Å². The third kappa shape index (κ3) is 2.84. The van der Waals surface area contributed by atoms with Crippen molar-refractivity contribution in [3.05, 3.63) is 41.6 Å². The fourth-order valence-electron chi connectivity index (χ4n) is 3.49. The van der Waals surface area contributed by atoms with Gasteiger partial charge in [-0.3, -0.25) is 13.9 Å². The van der Waals surface area contributed by atoms with E-state index >= 15 is 0 Å². The minimum atomic E-state index is 0.216. The number of carbonyl (C=O) groups excluding carboxylic acids is 1. The Labute approximate surface area is 144 Å². The summed E-state index contributed by atoms with van der Waals surface area (Å²) in [5.41, 5.74) is 1.16. The van der Waals surface area contributed by atoms with Crippen LogP contribution in [0.1, 0.15) is 36.7 Å². The van der Waals surface area contributed by atoms with Gasteiger partial charge in [0.25, 0.3) is 0 Å². The number of imidazole rings is 1. The number of hydrogen-bond acceptors (Lipinski definition) is 4. The van der Waals surface area contributed by atoms with Gasteiger partial charge in [-0.25, -0.2) is 4.98 Å². The number of carbonyl (C=O) groups is 1. The van der Waals surface area contributed by atoms with Gasteiger partial charge in [-0.2, -0.15) is 5.10 Å². The van der Waals surface area contributed by atoms with Gasteiger partial charge in [-0.1, -0.05) is 0 Å². The monoisotopic (exact) mass is 343 g/mol. The number of nitrogens with zero attached hydrogens (tertiary/aromatic N) is 5. The van der Waals surface area contributed by atoms with E-state index in [2.05, 4.69) is 21.1 Å². The van der Waals surface area contributed by atoms with Crippen LogP contribution in [0.25, 0.3) is 4.83 Å². The first kappa shape index (κ1) is 15.4. The molecule has 0 aliphatic carbocycles. The van der Waals surface area contributed by atoms with Crippen LogP contribution in [0.5, 0.6) is 0 Å². The summed E-state index contributed by atoms with van der Waals surface area (Å²) >= 11 is 1.73. The van der Waals surface area contributed by atoms with Gasteiger partial charge in [0.15, 0.2) is 0 Å². The molecule has 0 aromatic carbocycles. The molecule has 0 spiro atoms. The van der Waals surface area contributed by atoms with Crippen molar-refractivity contribution in [1.29, 1.82) is 0 Å². The van der Waals surface area contributed by atoms with Crippen LogP contribution in [0.3, 0.4) is 0 Å². The minimum absolute atomic E-state index is 0.216. The summed E-state index contributed by atoms with van der Waals surface area (Å²) in [5, 5.41) is 6.26. The van der Waals surface area contributed by atoms with Gasteiger partial charge in [0, 0.05) is 55.9 Å². The number of aromatic nitrogens is 4. The molecule has 0 bridgehead atoms. The van der Waals surface area contributed by atoms with E-state index in [1.54, 1.807) is 17.5 Å². The zero-order chi connectivity index (χ0) is 16.5. The highest BCUT2D eigenvalue weighted by Gasteiger charge is 2.28. The van der Waals surface area contributed by atoms with E-state index in [0.717, 1.165) is 37.4 Å². The van der Waals surface area contributed by atoms with Crippen molar-refractivity contribution >= 4 is 22.1 Å². The van der Waals surface area contributed by atoms with E-state index in [-0.39, 0.29) is 5.91 Å². The van der Waals surface area contributed by atoms with Crippen molar-refractivity contribution < 1.29 is 4.79 Å². The Hall–Kier alpha value is -2.15. The summed E-state index contributed by atoms with van der Waals surface area (Å²) in [6.45, 7) is 4.32. The van der Waals surface area contributed by atoms with E-state index < -0.39 is 0 Å². The molecule has 0 saturated carbocycles. The highest BCUT2D eigenvalue weighted by molar-refractivity contribution is 7.15. The maximum Gasteiger partial charge on any atom is 0.224 e. The standard InChI is InChI=1S/C17H21N5OS/c1-13-19-16(17-22(13)10-11-24-17)14-4-2-7-20(12-14)15(23)5-9-21-8-3-6-18-21/h3,6,8,10-11,14H,2,4-5,7,9,12H2,1H3/t14-/m1/s1. The van der Waals surface area contributed by atoms with Crippen LogP contribution >= 0.6 is 11.3 Å². The average molecular weight is 343 g/mol. The molecule has 24 heavy (non-hydrogen) atoms. The minimum Gasteiger partial charge on any atom is -0.342 e. The van der Waals surface area contributed by atoms with E-state index in [4.69, 9.17) is 4.98 Å². The molecule has 4 heterocycles. The number of likely N-dealkylation sites (tertiary alicyclic amines) is 1. The summed E-state index contributed by atoms with van der Waals surface area (Å²) < 4.78 is 3.96. The second-order valence-corrected chi connectivity index (χ2v) is 7.22. The summed E-state index contributed by atoms with van der Waals surface area (Å²) in [6, 6.07) is 1.88. The van der Waals surface area contributed by atoms with Gasteiger partial charge < -0.3 is 4.90 Å². The van der Waals surface area contributed by atoms with Crippen LogP contribution in [0.2, 0.25) is 0 Å². The number of fused-ring (bicyclic) bond motifs is 1. The van der Waals surface area contributed by atoms with E-state index in [1.807, 2.05) is 28.8 Å². The molecule has 1 saturated heterocycles. The molecule has 6 nitrogen and oxygen atoms in total. The molecule has 1 aliphatic heterocycles. The first-order chi connectivity index (χ1) is 11.7. The summed E-state index contributed by atoms with van der Waals surface area (Å²) in [7, 11) is 0. The van der Waals surface area contributed by atoms with E-state index in [1.165, 1.54) is 4.83 Å². The van der Waals surface area contributed by atoms with Crippen LogP contribution < -0.4 is 0 Å². The topological polar surface area (TPSA) is 55.4 Å². The lowest BCUT2D eigenvalue weighted by molar-refractivity contribution is -0.132. The maximum absolute atomic E-state index is 12.6. The Morgan fingerprint density at radius 3 is 3.17 bits per heavy atom. The van der Waals surface area contributed by atoms with Gasteiger partial charge in [0.2, 0.25) is 5.91 Å². The first-order valence-electron chi connectivity index (χ1n) is 8.39. The first-order valence-corrected chi connectivity index (χ1v) is 9.27.